The highest BCUT2D eigenvalue weighted by Gasteiger charge is 2.17. The third kappa shape index (κ3) is 2.00. The van der Waals surface area contributed by atoms with E-state index < -0.39 is 11.9 Å². The second-order valence-electron chi connectivity index (χ2n) is 4.56. The molecule has 0 amide bonds. The third-order valence-electron chi connectivity index (χ3n) is 3.42. The van der Waals surface area contributed by atoms with Crippen LogP contribution in [0.5, 0.6) is 0 Å². The Labute approximate surface area is 118 Å². The van der Waals surface area contributed by atoms with E-state index in [0.717, 1.165) is 0 Å². The molecule has 0 saturated heterocycles. The van der Waals surface area contributed by atoms with Gasteiger partial charge in [0.2, 0.25) is 0 Å². The van der Waals surface area contributed by atoms with Crippen LogP contribution in [0.1, 0.15) is 20.7 Å². The molecule has 0 spiro atoms. The second-order valence-corrected chi connectivity index (χ2v) is 4.56. The van der Waals surface area contributed by atoms with E-state index in [0.29, 0.717) is 21.5 Å². The van der Waals surface area contributed by atoms with Gasteiger partial charge in [0.25, 0.3) is 0 Å². The first kappa shape index (κ1) is 13.1. The minimum absolute atomic E-state index is 0.0938. The summed E-state index contributed by atoms with van der Waals surface area (Å²) < 4.78 is 0. The van der Waals surface area contributed by atoms with E-state index in [9.17, 15) is 14.7 Å². The topological polar surface area (TPSA) is 83.8 Å². The van der Waals surface area contributed by atoms with Gasteiger partial charge in [-0.25, -0.2) is 9.59 Å². The number of rotatable bonds is 2. The van der Waals surface area contributed by atoms with Crippen LogP contribution in [0.3, 0.4) is 0 Å². The molecule has 0 saturated carbocycles. The summed E-state index contributed by atoms with van der Waals surface area (Å²) in [6.45, 7) is 0. The predicted molar refractivity (Wildman–Crippen MR) is 76.5 cm³/mol. The Morgan fingerprint density at radius 3 is 1.86 bits per heavy atom. The van der Waals surface area contributed by atoms with Crippen LogP contribution in [-0.4, -0.2) is 22.3 Å². The Bertz CT molecular complexity index is 882. The number of hydrogen-bond acceptors (Lipinski definition) is 4. The van der Waals surface area contributed by atoms with Gasteiger partial charge in [-0.05, 0) is 22.9 Å². The number of hydrogen-bond donors (Lipinski definition) is 2. The molecule has 0 atom stereocenters. The monoisotopic (exact) mass is 282 g/mol. The van der Waals surface area contributed by atoms with Crippen molar-refractivity contribution in [1.82, 2.24) is 0 Å². The van der Waals surface area contributed by atoms with E-state index in [-0.39, 0.29) is 11.1 Å². The molecule has 21 heavy (non-hydrogen) atoms. The molecule has 0 bridgehead atoms. The van der Waals surface area contributed by atoms with Crippen LogP contribution in [0.25, 0.3) is 21.5 Å². The van der Waals surface area contributed by atoms with Gasteiger partial charge in [0.15, 0.2) is 0 Å². The Kier molecular flexibility index (Phi) is 3.04. The molecule has 3 aromatic rings. The standard InChI is InChI=1S/C16H10O5/c17-15(18)11-5-1-3-9-7-8-10-4-2-6-12(16(19)21-20)14(10)13(9)11/h1-8,20H,(H,17,18). The van der Waals surface area contributed by atoms with Gasteiger partial charge in [0, 0.05) is 10.8 Å². The van der Waals surface area contributed by atoms with Crippen molar-refractivity contribution < 1.29 is 24.8 Å². The zero-order valence-corrected chi connectivity index (χ0v) is 10.7. The normalized spacial score (nSPS) is 10.7. The van der Waals surface area contributed by atoms with E-state index >= 15 is 0 Å². The van der Waals surface area contributed by atoms with Gasteiger partial charge in [0.1, 0.15) is 0 Å². The highest BCUT2D eigenvalue weighted by Crippen LogP contribution is 2.31. The van der Waals surface area contributed by atoms with Gasteiger partial charge in [-0.2, -0.15) is 5.26 Å². The Balaban J connectivity index is 2.57. The van der Waals surface area contributed by atoms with Gasteiger partial charge < -0.3 is 5.11 Å². The predicted octanol–water partition coefficient (Wildman–Crippen LogP) is 3.32. The lowest BCUT2D eigenvalue weighted by Crippen LogP contribution is -2.04. The summed E-state index contributed by atoms with van der Waals surface area (Å²) >= 11 is 0. The van der Waals surface area contributed by atoms with E-state index in [4.69, 9.17) is 5.26 Å². The molecule has 0 aliphatic rings. The third-order valence-corrected chi connectivity index (χ3v) is 3.42. The molecular weight excluding hydrogens is 272 g/mol. The van der Waals surface area contributed by atoms with Crippen molar-refractivity contribution in [3.63, 3.8) is 0 Å². The van der Waals surface area contributed by atoms with Crippen molar-refractivity contribution in [1.29, 1.82) is 0 Å². The van der Waals surface area contributed by atoms with E-state index in [1.807, 2.05) is 0 Å². The maximum absolute atomic E-state index is 11.7. The minimum atomic E-state index is -1.08. The van der Waals surface area contributed by atoms with E-state index in [1.165, 1.54) is 12.1 Å². The Morgan fingerprint density at radius 2 is 1.33 bits per heavy atom. The number of carboxylic acid groups (broad SMARTS) is 1. The lowest BCUT2D eigenvalue weighted by atomic mass is 9.94. The van der Waals surface area contributed by atoms with Crippen molar-refractivity contribution in [3.8, 4) is 0 Å². The molecular formula is C16H10O5. The molecule has 2 N–H and O–H groups in total. The molecule has 0 unspecified atom stereocenters. The first-order valence-corrected chi connectivity index (χ1v) is 6.17. The van der Waals surface area contributed by atoms with Crippen molar-refractivity contribution in [2.24, 2.45) is 0 Å². The van der Waals surface area contributed by atoms with Crippen LogP contribution in [0.2, 0.25) is 0 Å². The van der Waals surface area contributed by atoms with Crippen LogP contribution >= 0.6 is 0 Å². The molecule has 104 valence electrons. The highest BCUT2D eigenvalue weighted by atomic mass is 17.1. The fourth-order valence-corrected chi connectivity index (χ4v) is 2.55. The van der Waals surface area contributed by atoms with Crippen LogP contribution in [0.15, 0.2) is 48.5 Å². The number of carbonyl (C=O) groups is 2. The van der Waals surface area contributed by atoms with Crippen LogP contribution in [-0.2, 0) is 4.89 Å². The largest absolute Gasteiger partial charge is 0.478 e. The lowest BCUT2D eigenvalue weighted by molar-refractivity contribution is -0.182. The fraction of sp³-hybridized carbons (Fsp3) is 0. The molecule has 5 heteroatoms. The molecule has 0 fully saturated rings. The molecule has 5 nitrogen and oxygen atoms in total. The van der Waals surface area contributed by atoms with Crippen LogP contribution in [0, 0.1) is 0 Å². The maximum Gasteiger partial charge on any atom is 0.373 e. The smallest absolute Gasteiger partial charge is 0.373 e. The van der Waals surface area contributed by atoms with Crippen molar-refractivity contribution >= 4 is 33.5 Å². The lowest BCUT2D eigenvalue weighted by Gasteiger charge is -2.10. The molecule has 0 aromatic heterocycles. The van der Waals surface area contributed by atoms with Gasteiger partial charge in [0.05, 0.1) is 11.1 Å². The number of aromatic carboxylic acids is 1. The average Bonchev–Trinajstić information content (AvgIpc) is 2.52. The summed E-state index contributed by atoms with van der Waals surface area (Å²) in [5.74, 6) is -2.01. The average molecular weight is 282 g/mol. The maximum atomic E-state index is 11.7. The molecule has 3 aromatic carbocycles. The summed E-state index contributed by atoms with van der Waals surface area (Å²) in [7, 11) is 0. The van der Waals surface area contributed by atoms with Crippen LogP contribution in [0.4, 0.5) is 0 Å². The summed E-state index contributed by atoms with van der Waals surface area (Å²) in [4.78, 5) is 27.0. The summed E-state index contributed by atoms with van der Waals surface area (Å²) in [5.41, 5.74) is 0.214. The number of carboxylic acids is 1. The summed E-state index contributed by atoms with van der Waals surface area (Å²) in [6, 6.07) is 13.4. The minimum Gasteiger partial charge on any atom is -0.478 e. The molecule has 3 rings (SSSR count). The quantitative estimate of drug-likeness (QED) is 0.428. The van der Waals surface area contributed by atoms with Crippen molar-refractivity contribution in [3.05, 3.63) is 59.7 Å². The van der Waals surface area contributed by atoms with E-state index in [1.54, 1.807) is 36.4 Å². The Hall–Kier alpha value is -2.92. The Morgan fingerprint density at radius 1 is 0.810 bits per heavy atom. The van der Waals surface area contributed by atoms with Crippen molar-refractivity contribution in [2.75, 3.05) is 0 Å². The zero-order valence-electron chi connectivity index (χ0n) is 10.7. The van der Waals surface area contributed by atoms with Crippen LogP contribution < -0.4 is 0 Å². The summed E-state index contributed by atoms with van der Waals surface area (Å²) in [5, 5.41) is 20.3. The van der Waals surface area contributed by atoms with Crippen molar-refractivity contribution in [2.45, 2.75) is 0 Å². The molecule has 0 aliphatic carbocycles. The van der Waals surface area contributed by atoms with Gasteiger partial charge in [-0.3, -0.25) is 4.89 Å². The SMILES string of the molecule is O=C(O)c1cccc2ccc3cccc(C(=O)OO)c3c12. The van der Waals surface area contributed by atoms with Gasteiger partial charge in [-0.15, -0.1) is 0 Å². The highest BCUT2D eigenvalue weighted by molar-refractivity contribution is 6.21. The van der Waals surface area contributed by atoms with E-state index in [2.05, 4.69) is 4.89 Å². The number of fused-ring (bicyclic) bond motifs is 3. The van der Waals surface area contributed by atoms with Gasteiger partial charge in [-0.1, -0.05) is 36.4 Å². The number of carbonyl (C=O) groups excluding carboxylic acids is 1. The molecule has 0 aliphatic heterocycles. The molecule has 0 heterocycles. The fourth-order valence-electron chi connectivity index (χ4n) is 2.55. The number of benzene rings is 3. The second kappa shape index (κ2) is 4.88. The first-order chi connectivity index (χ1) is 10.1. The first-order valence-electron chi connectivity index (χ1n) is 6.17. The van der Waals surface area contributed by atoms with Gasteiger partial charge >= 0.3 is 11.9 Å². The zero-order chi connectivity index (χ0) is 15.0. The molecule has 0 radical (unpaired) electrons. The summed E-state index contributed by atoms with van der Waals surface area (Å²) in [6.07, 6.45) is 0.